The molecule has 1 aromatic rings. The van der Waals surface area contributed by atoms with Gasteiger partial charge in [0.05, 0.1) is 11.6 Å². The molecule has 5 heteroatoms. The van der Waals surface area contributed by atoms with Gasteiger partial charge in [-0.1, -0.05) is 23.2 Å². The second kappa shape index (κ2) is 4.77. The Bertz CT molecular complexity index is 293. The van der Waals surface area contributed by atoms with Crippen LogP contribution in [0, 0.1) is 0 Å². The number of nitrogens with zero attached hydrogens (tertiary/aromatic N) is 1. The largest absolute Gasteiger partial charge is 0.395 e. The molecule has 0 fully saturated rings. The van der Waals surface area contributed by atoms with Crippen LogP contribution in [0.4, 0.5) is 0 Å². The monoisotopic (exact) mass is 220 g/mol. The summed E-state index contributed by atoms with van der Waals surface area (Å²) in [4.78, 5) is 3.86. The summed E-state index contributed by atoms with van der Waals surface area (Å²) in [6.45, 7) is -0.0553. The average molecular weight is 221 g/mol. The molecule has 1 unspecified atom stereocenters. The van der Waals surface area contributed by atoms with Crippen molar-refractivity contribution < 1.29 is 5.11 Å². The van der Waals surface area contributed by atoms with E-state index >= 15 is 0 Å². The zero-order valence-corrected chi connectivity index (χ0v) is 8.39. The highest BCUT2D eigenvalue weighted by molar-refractivity contribution is 6.41. The van der Waals surface area contributed by atoms with Crippen LogP contribution in [0.2, 0.25) is 10.2 Å². The number of nitrogens with two attached hydrogens (primary N) is 1. The topological polar surface area (TPSA) is 59.1 Å². The van der Waals surface area contributed by atoms with Crippen molar-refractivity contribution in [2.45, 2.75) is 12.5 Å². The molecular weight excluding hydrogens is 211 g/mol. The van der Waals surface area contributed by atoms with Gasteiger partial charge in [-0.15, -0.1) is 0 Å². The van der Waals surface area contributed by atoms with E-state index in [1.54, 1.807) is 12.3 Å². The summed E-state index contributed by atoms with van der Waals surface area (Å²) in [5.41, 5.74) is 6.41. The molecule has 0 aromatic carbocycles. The third kappa shape index (κ3) is 3.12. The Morgan fingerprint density at radius 1 is 1.54 bits per heavy atom. The van der Waals surface area contributed by atoms with Crippen LogP contribution in [-0.2, 0) is 6.42 Å². The van der Waals surface area contributed by atoms with Gasteiger partial charge in [0.25, 0.3) is 0 Å². The van der Waals surface area contributed by atoms with Crippen LogP contribution < -0.4 is 5.73 Å². The van der Waals surface area contributed by atoms with E-state index in [9.17, 15) is 0 Å². The Balaban J connectivity index is 2.73. The summed E-state index contributed by atoms with van der Waals surface area (Å²) in [5, 5.41) is 9.40. The Kier molecular flexibility index (Phi) is 3.93. The number of halogens is 2. The van der Waals surface area contributed by atoms with Gasteiger partial charge in [0.15, 0.2) is 0 Å². The van der Waals surface area contributed by atoms with Crippen molar-refractivity contribution >= 4 is 23.2 Å². The molecule has 0 saturated carbocycles. The van der Waals surface area contributed by atoms with E-state index < -0.39 is 0 Å². The highest BCUT2D eigenvalue weighted by Crippen LogP contribution is 2.20. The third-order valence-electron chi connectivity index (χ3n) is 1.59. The smallest absolute Gasteiger partial charge is 0.147 e. The van der Waals surface area contributed by atoms with E-state index in [1.807, 2.05) is 0 Å². The van der Waals surface area contributed by atoms with E-state index in [4.69, 9.17) is 34.0 Å². The minimum Gasteiger partial charge on any atom is -0.395 e. The van der Waals surface area contributed by atoms with Crippen LogP contribution in [0.3, 0.4) is 0 Å². The quantitative estimate of drug-likeness (QED) is 0.755. The third-order valence-corrected chi connectivity index (χ3v) is 2.27. The second-order valence-corrected chi connectivity index (χ2v) is 3.53. The number of aliphatic hydroxyl groups is 1. The van der Waals surface area contributed by atoms with Gasteiger partial charge in [0.2, 0.25) is 0 Å². The van der Waals surface area contributed by atoms with Gasteiger partial charge in [-0.05, 0) is 18.1 Å². The van der Waals surface area contributed by atoms with Crippen molar-refractivity contribution in [3.05, 3.63) is 28.0 Å². The lowest BCUT2D eigenvalue weighted by Gasteiger charge is -2.07. The minimum atomic E-state index is -0.279. The predicted octanol–water partition coefficient (Wildman–Crippen LogP) is 1.25. The van der Waals surface area contributed by atoms with Crippen LogP contribution in [0.25, 0.3) is 0 Å². The van der Waals surface area contributed by atoms with Crippen LogP contribution in [0.1, 0.15) is 5.56 Å². The highest BCUT2D eigenvalue weighted by Gasteiger charge is 2.05. The maximum atomic E-state index is 8.72. The summed E-state index contributed by atoms with van der Waals surface area (Å²) in [6.07, 6.45) is 2.14. The molecule has 13 heavy (non-hydrogen) atoms. The molecule has 0 amide bonds. The van der Waals surface area contributed by atoms with Crippen LogP contribution in [0.5, 0.6) is 0 Å². The Morgan fingerprint density at radius 3 is 2.77 bits per heavy atom. The number of hydrogen-bond donors (Lipinski definition) is 2. The van der Waals surface area contributed by atoms with Crippen LogP contribution in [0.15, 0.2) is 12.3 Å². The number of aromatic nitrogens is 1. The Morgan fingerprint density at radius 2 is 2.23 bits per heavy atom. The summed E-state index contributed by atoms with van der Waals surface area (Å²) in [6, 6.07) is 1.42. The maximum Gasteiger partial charge on any atom is 0.147 e. The molecule has 1 rings (SSSR count). The van der Waals surface area contributed by atoms with Crippen molar-refractivity contribution in [2.24, 2.45) is 5.73 Å². The number of aliphatic hydroxyl groups excluding tert-OH is 1. The first-order valence-electron chi connectivity index (χ1n) is 3.80. The summed E-state index contributed by atoms with van der Waals surface area (Å²) in [5.74, 6) is 0. The van der Waals surface area contributed by atoms with E-state index in [0.717, 1.165) is 5.56 Å². The number of pyridine rings is 1. The molecule has 0 radical (unpaired) electrons. The van der Waals surface area contributed by atoms with E-state index in [2.05, 4.69) is 4.98 Å². The fraction of sp³-hybridized carbons (Fsp3) is 0.375. The lowest BCUT2D eigenvalue weighted by molar-refractivity contribution is 0.265. The van der Waals surface area contributed by atoms with E-state index in [1.165, 1.54) is 0 Å². The van der Waals surface area contributed by atoms with Gasteiger partial charge in [0, 0.05) is 12.2 Å². The van der Waals surface area contributed by atoms with Gasteiger partial charge < -0.3 is 10.8 Å². The normalized spacial score (nSPS) is 12.9. The van der Waals surface area contributed by atoms with Crippen molar-refractivity contribution in [1.82, 2.24) is 4.98 Å². The fourth-order valence-corrected chi connectivity index (χ4v) is 1.23. The molecule has 0 aliphatic heterocycles. The molecule has 1 atom stereocenters. The molecule has 0 aliphatic carbocycles. The number of hydrogen-bond acceptors (Lipinski definition) is 3. The Labute approximate surface area is 86.5 Å². The molecule has 72 valence electrons. The van der Waals surface area contributed by atoms with Crippen molar-refractivity contribution in [2.75, 3.05) is 6.61 Å². The van der Waals surface area contributed by atoms with Gasteiger partial charge in [-0.25, -0.2) is 4.98 Å². The zero-order valence-electron chi connectivity index (χ0n) is 6.87. The molecule has 3 N–H and O–H groups in total. The van der Waals surface area contributed by atoms with Crippen molar-refractivity contribution in [1.29, 1.82) is 0 Å². The van der Waals surface area contributed by atoms with Gasteiger partial charge in [-0.2, -0.15) is 0 Å². The molecule has 0 saturated heterocycles. The summed E-state index contributed by atoms with van der Waals surface area (Å²) in [7, 11) is 0. The molecule has 0 aliphatic rings. The van der Waals surface area contributed by atoms with E-state index in [-0.39, 0.29) is 17.8 Å². The zero-order chi connectivity index (χ0) is 9.84. The molecule has 1 heterocycles. The van der Waals surface area contributed by atoms with Crippen LogP contribution in [-0.4, -0.2) is 22.7 Å². The lowest BCUT2D eigenvalue weighted by atomic mass is 10.1. The van der Waals surface area contributed by atoms with Gasteiger partial charge in [0.1, 0.15) is 5.15 Å². The highest BCUT2D eigenvalue weighted by atomic mass is 35.5. The standard InChI is InChI=1S/C8H10Cl2N2O/c9-7-2-5(1-6(11)4-13)3-12-8(7)10/h2-3,6,13H,1,4,11H2. The number of rotatable bonds is 3. The van der Waals surface area contributed by atoms with Crippen molar-refractivity contribution in [3.63, 3.8) is 0 Å². The minimum absolute atomic E-state index is 0.0553. The first-order chi connectivity index (χ1) is 6.13. The molecule has 3 nitrogen and oxygen atoms in total. The fourth-order valence-electron chi connectivity index (χ4n) is 0.940. The maximum absolute atomic E-state index is 8.72. The summed E-state index contributed by atoms with van der Waals surface area (Å²) >= 11 is 11.4. The SMILES string of the molecule is NC(CO)Cc1cnc(Cl)c(Cl)c1. The average Bonchev–Trinajstić information content (AvgIpc) is 2.11. The molecule has 1 aromatic heterocycles. The lowest BCUT2D eigenvalue weighted by Crippen LogP contribution is -2.26. The van der Waals surface area contributed by atoms with Crippen molar-refractivity contribution in [3.8, 4) is 0 Å². The second-order valence-electron chi connectivity index (χ2n) is 2.76. The van der Waals surface area contributed by atoms with Gasteiger partial charge >= 0.3 is 0 Å². The van der Waals surface area contributed by atoms with Crippen LogP contribution >= 0.6 is 23.2 Å². The summed E-state index contributed by atoms with van der Waals surface area (Å²) < 4.78 is 0. The molecular formula is C8H10Cl2N2O. The molecule has 0 spiro atoms. The predicted molar refractivity (Wildman–Crippen MR) is 53.0 cm³/mol. The Hall–Kier alpha value is -0.350. The van der Waals surface area contributed by atoms with E-state index in [0.29, 0.717) is 11.4 Å². The van der Waals surface area contributed by atoms with Gasteiger partial charge in [-0.3, -0.25) is 0 Å². The molecule has 0 bridgehead atoms. The first-order valence-corrected chi connectivity index (χ1v) is 4.55. The first kappa shape index (κ1) is 10.7.